The van der Waals surface area contributed by atoms with Crippen LogP contribution in [0.1, 0.15) is 17.4 Å². The molecule has 0 aliphatic heterocycles. The molecule has 0 unspecified atom stereocenters. The van der Waals surface area contributed by atoms with Crippen molar-refractivity contribution in [3.8, 4) is 0 Å². The quantitative estimate of drug-likeness (QED) is 0.683. The van der Waals surface area contributed by atoms with Crippen LogP contribution in [0, 0.1) is 0 Å². The molecular formula is C20H22ClN3O2. The van der Waals surface area contributed by atoms with Crippen molar-refractivity contribution in [3.05, 3.63) is 70.9 Å². The number of hydrogen-bond donors (Lipinski definition) is 2. The molecule has 0 radical (unpaired) electrons. The molecule has 3 aromatic rings. The molecule has 2 aromatic carbocycles. The van der Waals surface area contributed by atoms with Gasteiger partial charge in [-0.05, 0) is 43.9 Å². The lowest BCUT2D eigenvalue weighted by Gasteiger charge is -2.22. The Bertz CT molecular complexity index is 841. The molecular weight excluding hydrogens is 350 g/mol. The summed E-state index contributed by atoms with van der Waals surface area (Å²) in [5.74, 6) is 0.828. The monoisotopic (exact) mass is 371 g/mol. The zero-order valence-electron chi connectivity index (χ0n) is 14.8. The van der Waals surface area contributed by atoms with E-state index in [-0.39, 0.29) is 12.1 Å². The highest BCUT2D eigenvalue weighted by Gasteiger charge is 2.19. The van der Waals surface area contributed by atoms with E-state index >= 15 is 0 Å². The van der Waals surface area contributed by atoms with Crippen LogP contribution in [0.15, 0.2) is 59.0 Å². The molecule has 1 heterocycles. The Morgan fingerprint density at radius 2 is 1.85 bits per heavy atom. The number of urea groups is 1. The zero-order valence-corrected chi connectivity index (χ0v) is 15.6. The standard InChI is InChI=1S/C20H22ClN3O2/c1-24(2)17(19-11-15-5-3-4-6-18(15)26-19)13-23-20(25)22-12-14-7-9-16(21)10-8-14/h3-11,17H,12-13H2,1-2H3,(H2,22,23,25)/t17-/m0/s1. The van der Waals surface area contributed by atoms with Crippen LogP contribution in [0.25, 0.3) is 11.0 Å². The van der Waals surface area contributed by atoms with Gasteiger partial charge in [0.15, 0.2) is 0 Å². The highest BCUT2D eigenvalue weighted by Crippen LogP contribution is 2.25. The molecule has 0 aliphatic carbocycles. The molecule has 2 amide bonds. The first-order valence-electron chi connectivity index (χ1n) is 8.44. The number of hydrogen-bond acceptors (Lipinski definition) is 3. The van der Waals surface area contributed by atoms with E-state index in [1.165, 1.54) is 0 Å². The Morgan fingerprint density at radius 1 is 1.12 bits per heavy atom. The summed E-state index contributed by atoms with van der Waals surface area (Å²) in [5.41, 5.74) is 1.84. The van der Waals surface area contributed by atoms with E-state index in [1.807, 2.05) is 61.5 Å². The van der Waals surface area contributed by atoms with Crippen molar-refractivity contribution in [2.24, 2.45) is 0 Å². The van der Waals surface area contributed by atoms with Gasteiger partial charge in [0, 0.05) is 23.5 Å². The van der Waals surface area contributed by atoms with Crippen LogP contribution in [0.4, 0.5) is 4.79 Å². The van der Waals surface area contributed by atoms with E-state index in [4.69, 9.17) is 16.0 Å². The van der Waals surface area contributed by atoms with E-state index in [0.717, 1.165) is 22.3 Å². The molecule has 0 saturated carbocycles. The number of carbonyl (C=O) groups is 1. The molecule has 1 aromatic heterocycles. The van der Waals surface area contributed by atoms with Crippen molar-refractivity contribution in [1.82, 2.24) is 15.5 Å². The first-order chi connectivity index (χ1) is 12.5. The number of rotatable bonds is 6. The van der Waals surface area contributed by atoms with Crippen molar-refractivity contribution >= 4 is 28.6 Å². The Labute approximate surface area is 157 Å². The predicted molar refractivity (Wildman–Crippen MR) is 104 cm³/mol. The lowest BCUT2D eigenvalue weighted by molar-refractivity contribution is 0.226. The van der Waals surface area contributed by atoms with Gasteiger partial charge in [0.2, 0.25) is 0 Å². The van der Waals surface area contributed by atoms with Gasteiger partial charge in [-0.15, -0.1) is 0 Å². The van der Waals surface area contributed by atoms with E-state index in [9.17, 15) is 4.79 Å². The van der Waals surface area contributed by atoms with Crippen LogP contribution in [-0.4, -0.2) is 31.6 Å². The number of fused-ring (bicyclic) bond motifs is 1. The summed E-state index contributed by atoms with van der Waals surface area (Å²) in [6.45, 7) is 0.888. The molecule has 2 N–H and O–H groups in total. The fourth-order valence-corrected chi connectivity index (χ4v) is 2.87. The van der Waals surface area contributed by atoms with Gasteiger partial charge in [-0.3, -0.25) is 4.90 Å². The summed E-state index contributed by atoms with van der Waals surface area (Å²) in [7, 11) is 3.93. The van der Waals surface area contributed by atoms with Crippen molar-refractivity contribution < 1.29 is 9.21 Å². The number of carbonyl (C=O) groups excluding carboxylic acids is 1. The van der Waals surface area contributed by atoms with E-state index in [2.05, 4.69) is 10.6 Å². The second-order valence-corrected chi connectivity index (χ2v) is 6.79. The molecule has 0 bridgehead atoms. The Kier molecular flexibility index (Phi) is 5.81. The number of nitrogens with zero attached hydrogens (tertiary/aromatic N) is 1. The summed E-state index contributed by atoms with van der Waals surface area (Å²) in [5, 5.41) is 7.49. The average Bonchev–Trinajstić information content (AvgIpc) is 3.04. The number of furan rings is 1. The van der Waals surface area contributed by atoms with Crippen LogP contribution in [-0.2, 0) is 6.54 Å². The molecule has 1 atom stereocenters. The van der Waals surface area contributed by atoms with Gasteiger partial charge in [-0.25, -0.2) is 4.79 Å². The molecule has 136 valence electrons. The van der Waals surface area contributed by atoms with Crippen LogP contribution in [0.2, 0.25) is 5.02 Å². The van der Waals surface area contributed by atoms with E-state index in [0.29, 0.717) is 18.1 Å². The van der Waals surface area contributed by atoms with Crippen LogP contribution >= 0.6 is 11.6 Å². The summed E-state index contributed by atoms with van der Waals surface area (Å²) < 4.78 is 5.94. The van der Waals surface area contributed by atoms with Crippen LogP contribution in [0.5, 0.6) is 0 Å². The highest BCUT2D eigenvalue weighted by molar-refractivity contribution is 6.30. The average molecular weight is 372 g/mol. The number of amides is 2. The number of likely N-dealkylation sites (N-methyl/N-ethyl adjacent to an activating group) is 1. The Balaban J connectivity index is 1.58. The minimum absolute atomic E-state index is 0.0521. The van der Waals surface area contributed by atoms with Crippen molar-refractivity contribution in [1.29, 1.82) is 0 Å². The first kappa shape index (κ1) is 18.3. The molecule has 0 fully saturated rings. The third-order valence-electron chi connectivity index (χ3n) is 4.22. The smallest absolute Gasteiger partial charge is 0.315 e. The van der Waals surface area contributed by atoms with Gasteiger partial charge in [-0.1, -0.05) is 41.9 Å². The van der Waals surface area contributed by atoms with Crippen LogP contribution < -0.4 is 10.6 Å². The lowest BCUT2D eigenvalue weighted by atomic mass is 10.2. The van der Waals surface area contributed by atoms with Crippen molar-refractivity contribution in [3.63, 3.8) is 0 Å². The van der Waals surface area contributed by atoms with Gasteiger partial charge < -0.3 is 15.1 Å². The third kappa shape index (κ3) is 4.56. The lowest BCUT2D eigenvalue weighted by Crippen LogP contribution is -2.40. The maximum atomic E-state index is 12.1. The predicted octanol–water partition coefficient (Wildman–Crippen LogP) is 4.19. The summed E-state index contributed by atoms with van der Waals surface area (Å²) in [6.07, 6.45) is 0. The molecule has 0 spiro atoms. The second kappa shape index (κ2) is 8.25. The topological polar surface area (TPSA) is 57.5 Å². The number of para-hydroxylation sites is 1. The normalized spacial score (nSPS) is 12.3. The van der Waals surface area contributed by atoms with E-state index in [1.54, 1.807) is 12.1 Å². The van der Waals surface area contributed by atoms with Gasteiger partial charge in [0.05, 0.1) is 6.04 Å². The molecule has 0 aliphatic rings. The SMILES string of the molecule is CN(C)[C@@H](CNC(=O)NCc1ccc(Cl)cc1)c1cc2ccccc2o1. The third-order valence-corrected chi connectivity index (χ3v) is 4.47. The highest BCUT2D eigenvalue weighted by atomic mass is 35.5. The molecule has 3 rings (SSSR count). The second-order valence-electron chi connectivity index (χ2n) is 6.36. The first-order valence-corrected chi connectivity index (χ1v) is 8.82. The van der Waals surface area contributed by atoms with E-state index < -0.39 is 0 Å². The van der Waals surface area contributed by atoms with Gasteiger partial charge >= 0.3 is 6.03 Å². The van der Waals surface area contributed by atoms with Gasteiger partial charge in [0.1, 0.15) is 11.3 Å². The minimum Gasteiger partial charge on any atom is -0.459 e. The molecule has 5 nitrogen and oxygen atoms in total. The van der Waals surface area contributed by atoms with Gasteiger partial charge in [0.25, 0.3) is 0 Å². The zero-order chi connectivity index (χ0) is 18.5. The molecule has 0 saturated heterocycles. The minimum atomic E-state index is -0.220. The summed E-state index contributed by atoms with van der Waals surface area (Å²) >= 11 is 5.86. The molecule has 26 heavy (non-hydrogen) atoms. The van der Waals surface area contributed by atoms with Crippen molar-refractivity contribution in [2.45, 2.75) is 12.6 Å². The largest absolute Gasteiger partial charge is 0.459 e. The fraction of sp³-hybridized carbons (Fsp3) is 0.250. The Morgan fingerprint density at radius 3 is 2.54 bits per heavy atom. The van der Waals surface area contributed by atoms with Crippen LogP contribution in [0.3, 0.4) is 0 Å². The Hall–Kier alpha value is -2.50. The maximum absolute atomic E-state index is 12.1. The van der Waals surface area contributed by atoms with Gasteiger partial charge in [-0.2, -0.15) is 0 Å². The molecule has 6 heteroatoms. The van der Waals surface area contributed by atoms with Crippen molar-refractivity contribution in [2.75, 3.05) is 20.6 Å². The number of nitrogens with one attached hydrogen (secondary N) is 2. The fourth-order valence-electron chi connectivity index (χ4n) is 2.74. The maximum Gasteiger partial charge on any atom is 0.315 e. The number of halogens is 1. The number of benzene rings is 2. The summed E-state index contributed by atoms with van der Waals surface area (Å²) in [4.78, 5) is 14.1. The summed E-state index contributed by atoms with van der Waals surface area (Å²) in [6, 6.07) is 17.0.